The fourth-order valence-electron chi connectivity index (χ4n) is 5.77. The van der Waals surface area contributed by atoms with Gasteiger partial charge in [-0.3, -0.25) is 0 Å². The third kappa shape index (κ3) is 8.31. The molecule has 2 unspecified atom stereocenters. The molecule has 0 spiro atoms. The van der Waals surface area contributed by atoms with Gasteiger partial charge in [-0.2, -0.15) is 33.7 Å². The molecule has 10 heteroatoms. The largest absolute Gasteiger partial charge is 0.508 e. The van der Waals surface area contributed by atoms with Crippen molar-refractivity contribution in [2.75, 3.05) is 36.6 Å². The first kappa shape index (κ1) is 33.7. The van der Waals surface area contributed by atoms with Gasteiger partial charge in [0.1, 0.15) is 17.2 Å². The highest BCUT2D eigenvalue weighted by molar-refractivity contribution is 7.99. The summed E-state index contributed by atoms with van der Waals surface area (Å²) < 4.78 is 69.0. The molecular weight excluding hydrogens is 597 g/mol. The number of benzene rings is 3. The van der Waals surface area contributed by atoms with Crippen molar-refractivity contribution in [3.8, 4) is 17.2 Å². The van der Waals surface area contributed by atoms with Crippen LogP contribution in [0.3, 0.4) is 0 Å². The molecule has 240 valence electrons. The number of ether oxygens (including phenoxy) is 1. The summed E-state index contributed by atoms with van der Waals surface area (Å²) >= 11 is 1.38. The van der Waals surface area contributed by atoms with Crippen LogP contribution in [0.5, 0.6) is 17.2 Å². The van der Waals surface area contributed by atoms with Crippen LogP contribution in [0.15, 0.2) is 66.7 Å². The Labute approximate surface area is 260 Å². The Kier molecular flexibility index (Phi) is 11.0. The Morgan fingerprint density at radius 3 is 2.25 bits per heavy atom. The monoisotopic (exact) mass is 637 g/mol. The molecule has 0 bridgehead atoms. The molecule has 0 amide bonds. The zero-order valence-electron chi connectivity index (χ0n) is 25.0. The van der Waals surface area contributed by atoms with Gasteiger partial charge in [-0.1, -0.05) is 43.7 Å². The van der Waals surface area contributed by atoms with Gasteiger partial charge in [-0.15, -0.1) is 0 Å². The van der Waals surface area contributed by atoms with Crippen molar-refractivity contribution in [1.82, 2.24) is 0 Å². The number of phenols is 2. The fraction of sp³-hybridized carbons (Fsp3) is 0.471. The Bertz CT molecular complexity index is 1350. The second-order valence-electron chi connectivity index (χ2n) is 11.8. The lowest BCUT2D eigenvalue weighted by Crippen LogP contribution is -2.40. The SMILES string of the molecule is CN(CCSCCCC(F)(F)C(F)(F)F)c1ccc(CCCCC2c3ccc(O)cc3OCC2(C)c2ccc(O)cc2)cc1. The Morgan fingerprint density at radius 2 is 1.57 bits per heavy atom. The molecule has 4 rings (SSSR count). The molecule has 1 heterocycles. The number of hydrogen-bond donors (Lipinski definition) is 2. The molecule has 0 saturated carbocycles. The van der Waals surface area contributed by atoms with Gasteiger partial charge >= 0.3 is 12.1 Å². The summed E-state index contributed by atoms with van der Waals surface area (Å²) in [4.78, 5) is 2.05. The number of halogens is 5. The van der Waals surface area contributed by atoms with E-state index in [1.165, 1.54) is 17.3 Å². The molecule has 0 aliphatic carbocycles. The molecule has 2 atom stereocenters. The van der Waals surface area contributed by atoms with Crippen LogP contribution in [0.4, 0.5) is 27.6 Å². The molecule has 1 aliphatic rings. The number of rotatable bonds is 14. The first-order valence-electron chi connectivity index (χ1n) is 14.9. The number of anilines is 1. The maximum absolute atomic E-state index is 13.0. The summed E-state index contributed by atoms with van der Waals surface area (Å²) in [6, 6.07) is 20.9. The Hall–Kier alpha value is -3.14. The van der Waals surface area contributed by atoms with E-state index in [1.54, 1.807) is 24.3 Å². The number of phenolic OH excluding ortho intramolecular Hbond substituents is 2. The highest BCUT2D eigenvalue weighted by Gasteiger charge is 2.56. The van der Waals surface area contributed by atoms with Crippen molar-refractivity contribution in [2.45, 2.75) is 68.9 Å². The number of alkyl halides is 5. The lowest BCUT2D eigenvalue weighted by atomic mass is 9.66. The summed E-state index contributed by atoms with van der Waals surface area (Å²) in [5, 5.41) is 19.8. The van der Waals surface area contributed by atoms with E-state index in [0.717, 1.165) is 42.5 Å². The third-order valence-electron chi connectivity index (χ3n) is 8.55. The first-order chi connectivity index (χ1) is 20.8. The highest BCUT2D eigenvalue weighted by atomic mass is 32.2. The zero-order valence-corrected chi connectivity index (χ0v) is 25.9. The van der Waals surface area contributed by atoms with E-state index in [9.17, 15) is 32.2 Å². The number of fused-ring (bicyclic) bond motifs is 1. The lowest BCUT2D eigenvalue weighted by Gasteiger charge is -2.43. The van der Waals surface area contributed by atoms with Gasteiger partial charge in [0.15, 0.2) is 0 Å². The van der Waals surface area contributed by atoms with Crippen molar-refractivity contribution >= 4 is 17.4 Å². The van der Waals surface area contributed by atoms with Crippen molar-refractivity contribution in [3.63, 3.8) is 0 Å². The van der Waals surface area contributed by atoms with Gasteiger partial charge in [-0.25, -0.2) is 0 Å². The van der Waals surface area contributed by atoms with Gasteiger partial charge in [0.05, 0.1) is 6.61 Å². The van der Waals surface area contributed by atoms with E-state index in [2.05, 4.69) is 19.1 Å². The highest BCUT2D eigenvalue weighted by Crippen LogP contribution is 2.49. The molecule has 0 radical (unpaired) electrons. The van der Waals surface area contributed by atoms with E-state index < -0.39 is 18.5 Å². The fourth-order valence-corrected chi connectivity index (χ4v) is 6.73. The number of nitrogens with zero attached hydrogens (tertiary/aromatic N) is 1. The molecule has 0 fully saturated rings. The number of aromatic hydroxyl groups is 2. The van der Waals surface area contributed by atoms with Crippen LogP contribution in [0.2, 0.25) is 0 Å². The summed E-state index contributed by atoms with van der Waals surface area (Å²) in [5.41, 5.74) is 4.12. The number of hydrogen-bond acceptors (Lipinski definition) is 5. The number of unbranched alkanes of at least 4 members (excludes halogenated alkanes) is 1. The summed E-state index contributed by atoms with van der Waals surface area (Å²) in [7, 11) is 1.93. The Balaban J connectivity index is 1.25. The maximum atomic E-state index is 13.0. The van der Waals surface area contributed by atoms with Crippen LogP contribution in [-0.4, -0.2) is 54.0 Å². The summed E-state index contributed by atoms with van der Waals surface area (Å²) in [6.07, 6.45) is -3.00. The van der Waals surface area contributed by atoms with Crippen LogP contribution < -0.4 is 9.64 Å². The molecule has 3 aromatic rings. The van der Waals surface area contributed by atoms with Crippen molar-refractivity contribution < 1.29 is 36.9 Å². The van der Waals surface area contributed by atoms with E-state index >= 15 is 0 Å². The lowest BCUT2D eigenvalue weighted by molar-refractivity contribution is -0.284. The van der Waals surface area contributed by atoms with Crippen molar-refractivity contribution in [3.05, 3.63) is 83.4 Å². The Morgan fingerprint density at radius 1 is 0.886 bits per heavy atom. The first-order valence-corrected chi connectivity index (χ1v) is 16.0. The normalized spacial score (nSPS) is 18.5. The molecule has 4 nitrogen and oxygen atoms in total. The van der Waals surface area contributed by atoms with Crippen LogP contribution in [0.25, 0.3) is 0 Å². The minimum absolute atomic E-state index is 0.173. The van der Waals surface area contributed by atoms with Gasteiger partial charge in [0.2, 0.25) is 0 Å². The predicted octanol–water partition coefficient (Wildman–Crippen LogP) is 9.09. The zero-order chi connectivity index (χ0) is 32.0. The quantitative estimate of drug-likeness (QED) is 0.136. The van der Waals surface area contributed by atoms with Gasteiger partial charge < -0.3 is 19.8 Å². The predicted molar refractivity (Wildman–Crippen MR) is 167 cm³/mol. The molecule has 3 aromatic carbocycles. The van der Waals surface area contributed by atoms with E-state index in [1.807, 2.05) is 42.3 Å². The number of thioether (sulfide) groups is 1. The molecule has 0 saturated heterocycles. The topological polar surface area (TPSA) is 52.9 Å². The van der Waals surface area contributed by atoms with Crippen LogP contribution >= 0.6 is 11.8 Å². The minimum Gasteiger partial charge on any atom is -0.508 e. The van der Waals surface area contributed by atoms with E-state index in [4.69, 9.17) is 4.74 Å². The van der Waals surface area contributed by atoms with Crippen molar-refractivity contribution in [1.29, 1.82) is 0 Å². The average Bonchev–Trinajstić information content (AvgIpc) is 2.98. The van der Waals surface area contributed by atoms with Gasteiger partial charge in [0, 0.05) is 48.9 Å². The molecule has 1 aliphatic heterocycles. The summed E-state index contributed by atoms with van der Waals surface area (Å²) in [6.45, 7) is 3.32. The second kappa shape index (κ2) is 14.3. The second-order valence-corrected chi connectivity index (χ2v) is 13.0. The standard InChI is InChI=1S/C34H40F5NO3S/c1-32(25-10-14-27(41)15-11-25)23-43-31-22-28(42)16-17-29(31)30(32)7-4-3-6-24-8-12-26(13-9-24)40(2)19-21-44-20-5-18-33(35,36)34(37,38)39/h8-17,22,30,41-42H,3-7,18-21,23H2,1-2H3. The van der Waals surface area contributed by atoms with Crippen LogP contribution in [0.1, 0.15) is 61.6 Å². The van der Waals surface area contributed by atoms with Gasteiger partial charge in [0.25, 0.3) is 0 Å². The van der Waals surface area contributed by atoms with E-state index in [0.29, 0.717) is 24.7 Å². The van der Waals surface area contributed by atoms with Crippen molar-refractivity contribution in [2.24, 2.45) is 0 Å². The third-order valence-corrected chi connectivity index (χ3v) is 9.60. The molecule has 2 N–H and O–H groups in total. The van der Waals surface area contributed by atoms with E-state index in [-0.39, 0.29) is 35.0 Å². The summed E-state index contributed by atoms with van der Waals surface area (Å²) in [5.74, 6) is -2.45. The maximum Gasteiger partial charge on any atom is 0.453 e. The average molecular weight is 638 g/mol. The van der Waals surface area contributed by atoms with Crippen LogP contribution in [0, 0.1) is 0 Å². The minimum atomic E-state index is -5.48. The molecule has 44 heavy (non-hydrogen) atoms. The van der Waals surface area contributed by atoms with Gasteiger partial charge in [-0.05, 0) is 78.5 Å². The number of aryl methyl sites for hydroxylation is 1. The van der Waals surface area contributed by atoms with Crippen LogP contribution in [-0.2, 0) is 11.8 Å². The smallest absolute Gasteiger partial charge is 0.453 e. The molecular formula is C34H40F5NO3S. The molecule has 0 aromatic heterocycles.